The predicted octanol–water partition coefficient (Wildman–Crippen LogP) is 3.77. The molecule has 0 bridgehead atoms. The van der Waals surface area contributed by atoms with Crippen LogP contribution in [-0.2, 0) is 0 Å². The first kappa shape index (κ1) is 15.8. The van der Waals surface area contributed by atoms with E-state index in [1.165, 1.54) is 5.56 Å². The van der Waals surface area contributed by atoms with Crippen molar-refractivity contribution < 1.29 is 0 Å². The summed E-state index contributed by atoms with van der Waals surface area (Å²) >= 11 is 12.6. The Hall–Kier alpha value is -1.13. The van der Waals surface area contributed by atoms with E-state index in [1.54, 1.807) is 0 Å². The van der Waals surface area contributed by atoms with Crippen LogP contribution >= 0.6 is 23.2 Å². The van der Waals surface area contributed by atoms with E-state index in [9.17, 15) is 0 Å². The van der Waals surface area contributed by atoms with E-state index in [2.05, 4.69) is 27.3 Å². The van der Waals surface area contributed by atoms with Gasteiger partial charge in [-0.2, -0.15) is 0 Å². The van der Waals surface area contributed by atoms with Crippen LogP contribution in [0, 0.1) is 0 Å². The molecule has 2 aromatic rings. The SMILES string of the molecule is Clc1ccc(C(c2ccncc2)N2CCCNCC2)c(Cl)c1. The molecule has 2 heterocycles. The molecule has 1 atom stereocenters. The number of benzene rings is 1. The molecule has 0 amide bonds. The van der Waals surface area contributed by atoms with Gasteiger partial charge in [-0.3, -0.25) is 9.88 Å². The van der Waals surface area contributed by atoms with Crippen molar-refractivity contribution in [3.05, 3.63) is 63.9 Å². The molecule has 5 heteroatoms. The molecule has 1 aliphatic heterocycles. The topological polar surface area (TPSA) is 28.2 Å². The molecule has 1 unspecified atom stereocenters. The fourth-order valence-electron chi connectivity index (χ4n) is 2.98. The smallest absolute Gasteiger partial charge is 0.0618 e. The Balaban J connectivity index is 2.02. The van der Waals surface area contributed by atoms with Gasteiger partial charge in [-0.1, -0.05) is 29.3 Å². The van der Waals surface area contributed by atoms with E-state index in [0.29, 0.717) is 10.0 Å². The molecular formula is C17H19Cl2N3. The van der Waals surface area contributed by atoms with Gasteiger partial charge in [0, 0.05) is 42.1 Å². The van der Waals surface area contributed by atoms with Gasteiger partial charge in [0.25, 0.3) is 0 Å². The fraction of sp³-hybridized carbons (Fsp3) is 0.353. The number of rotatable bonds is 3. The molecule has 22 heavy (non-hydrogen) atoms. The average molecular weight is 336 g/mol. The Kier molecular flexibility index (Phi) is 5.32. The lowest BCUT2D eigenvalue weighted by Crippen LogP contribution is -2.33. The predicted molar refractivity (Wildman–Crippen MR) is 91.6 cm³/mol. The molecule has 0 aliphatic carbocycles. The zero-order chi connectivity index (χ0) is 15.4. The second-order valence-electron chi connectivity index (χ2n) is 5.49. The van der Waals surface area contributed by atoms with Crippen molar-refractivity contribution in [1.82, 2.24) is 15.2 Å². The summed E-state index contributed by atoms with van der Waals surface area (Å²) in [4.78, 5) is 6.61. The Bertz CT molecular complexity index is 611. The van der Waals surface area contributed by atoms with E-state index in [4.69, 9.17) is 23.2 Å². The molecule has 0 saturated carbocycles. The highest BCUT2D eigenvalue weighted by Gasteiger charge is 2.25. The molecule has 116 valence electrons. The van der Waals surface area contributed by atoms with E-state index in [1.807, 2.05) is 30.6 Å². The number of hydrogen-bond acceptors (Lipinski definition) is 3. The van der Waals surface area contributed by atoms with E-state index >= 15 is 0 Å². The first-order valence-electron chi connectivity index (χ1n) is 7.55. The molecule has 3 rings (SSSR count). The van der Waals surface area contributed by atoms with Crippen molar-refractivity contribution in [2.75, 3.05) is 26.2 Å². The summed E-state index contributed by atoms with van der Waals surface area (Å²) in [6.45, 7) is 4.09. The summed E-state index contributed by atoms with van der Waals surface area (Å²) in [6.07, 6.45) is 4.80. The highest BCUT2D eigenvalue weighted by molar-refractivity contribution is 6.35. The lowest BCUT2D eigenvalue weighted by molar-refractivity contribution is 0.241. The zero-order valence-corrected chi connectivity index (χ0v) is 13.8. The number of pyridine rings is 1. The molecule has 1 fully saturated rings. The number of nitrogens with one attached hydrogen (secondary N) is 1. The van der Waals surface area contributed by atoms with Crippen LogP contribution in [0.25, 0.3) is 0 Å². The van der Waals surface area contributed by atoms with Crippen LogP contribution in [0.5, 0.6) is 0 Å². The zero-order valence-electron chi connectivity index (χ0n) is 12.3. The maximum Gasteiger partial charge on any atom is 0.0618 e. The van der Waals surface area contributed by atoms with Gasteiger partial charge < -0.3 is 5.32 Å². The van der Waals surface area contributed by atoms with Gasteiger partial charge in [0.15, 0.2) is 0 Å². The van der Waals surface area contributed by atoms with Crippen LogP contribution in [0.1, 0.15) is 23.6 Å². The fourth-order valence-corrected chi connectivity index (χ4v) is 3.49. The van der Waals surface area contributed by atoms with Crippen molar-refractivity contribution in [2.45, 2.75) is 12.5 Å². The summed E-state index contributed by atoms with van der Waals surface area (Å²) in [5, 5.41) is 4.83. The highest BCUT2D eigenvalue weighted by atomic mass is 35.5. The van der Waals surface area contributed by atoms with E-state index in [0.717, 1.165) is 38.2 Å². The maximum absolute atomic E-state index is 6.49. The van der Waals surface area contributed by atoms with Crippen LogP contribution in [0.4, 0.5) is 0 Å². The van der Waals surface area contributed by atoms with E-state index < -0.39 is 0 Å². The maximum atomic E-state index is 6.49. The van der Waals surface area contributed by atoms with Gasteiger partial charge >= 0.3 is 0 Å². The second-order valence-corrected chi connectivity index (χ2v) is 6.33. The summed E-state index contributed by atoms with van der Waals surface area (Å²) in [6, 6.07) is 10.0. The molecule has 1 aliphatic rings. The second kappa shape index (κ2) is 7.42. The Morgan fingerprint density at radius 3 is 2.64 bits per heavy atom. The van der Waals surface area contributed by atoms with Crippen molar-refractivity contribution in [1.29, 1.82) is 0 Å². The quantitative estimate of drug-likeness (QED) is 0.925. The standard InChI is InChI=1S/C17H19Cl2N3/c18-14-2-3-15(16(19)12-14)17(13-4-7-21-8-5-13)22-10-1-6-20-9-11-22/h2-5,7-8,12,17,20H,1,6,9-11H2. The van der Waals surface area contributed by atoms with Crippen molar-refractivity contribution in [3.8, 4) is 0 Å². The summed E-state index contributed by atoms with van der Waals surface area (Å²) in [5.41, 5.74) is 2.31. The van der Waals surface area contributed by atoms with Crippen LogP contribution in [0.15, 0.2) is 42.7 Å². The molecule has 1 aromatic carbocycles. The van der Waals surface area contributed by atoms with Crippen LogP contribution in [-0.4, -0.2) is 36.1 Å². The van der Waals surface area contributed by atoms with E-state index in [-0.39, 0.29) is 6.04 Å². The molecule has 0 spiro atoms. The van der Waals surface area contributed by atoms with Gasteiger partial charge in [0.1, 0.15) is 0 Å². The van der Waals surface area contributed by atoms with Gasteiger partial charge in [-0.25, -0.2) is 0 Å². The number of hydrogen-bond donors (Lipinski definition) is 1. The molecule has 1 aromatic heterocycles. The minimum atomic E-state index is 0.132. The minimum absolute atomic E-state index is 0.132. The Morgan fingerprint density at radius 1 is 1.05 bits per heavy atom. The monoisotopic (exact) mass is 335 g/mol. The van der Waals surface area contributed by atoms with Crippen molar-refractivity contribution in [2.24, 2.45) is 0 Å². The molecule has 3 nitrogen and oxygen atoms in total. The van der Waals surface area contributed by atoms with Crippen molar-refractivity contribution >= 4 is 23.2 Å². The van der Waals surface area contributed by atoms with Crippen molar-refractivity contribution in [3.63, 3.8) is 0 Å². The number of halogens is 2. The third kappa shape index (κ3) is 3.61. The normalized spacial score (nSPS) is 17.9. The summed E-state index contributed by atoms with van der Waals surface area (Å²) in [7, 11) is 0. The first-order valence-corrected chi connectivity index (χ1v) is 8.31. The Morgan fingerprint density at radius 2 is 1.86 bits per heavy atom. The molecule has 1 N–H and O–H groups in total. The third-order valence-electron chi connectivity index (χ3n) is 4.02. The molecular weight excluding hydrogens is 317 g/mol. The van der Waals surface area contributed by atoms with Gasteiger partial charge in [0.2, 0.25) is 0 Å². The molecule has 0 radical (unpaired) electrons. The number of nitrogens with zero attached hydrogens (tertiary/aromatic N) is 2. The van der Waals surface area contributed by atoms with Crippen LogP contribution in [0.2, 0.25) is 10.0 Å². The van der Waals surface area contributed by atoms with Gasteiger partial charge in [-0.15, -0.1) is 0 Å². The number of aromatic nitrogens is 1. The van der Waals surface area contributed by atoms with Gasteiger partial charge in [-0.05, 0) is 48.4 Å². The lowest BCUT2D eigenvalue weighted by Gasteiger charge is -2.31. The Labute approximate surface area is 141 Å². The largest absolute Gasteiger partial charge is 0.315 e. The lowest BCUT2D eigenvalue weighted by atomic mass is 9.97. The third-order valence-corrected chi connectivity index (χ3v) is 4.58. The average Bonchev–Trinajstić information content (AvgIpc) is 2.80. The van der Waals surface area contributed by atoms with Gasteiger partial charge in [0.05, 0.1) is 6.04 Å². The highest BCUT2D eigenvalue weighted by Crippen LogP contribution is 2.34. The van der Waals surface area contributed by atoms with Crippen LogP contribution in [0.3, 0.4) is 0 Å². The minimum Gasteiger partial charge on any atom is -0.315 e. The molecule has 1 saturated heterocycles. The summed E-state index contributed by atoms with van der Waals surface area (Å²) < 4.78 is 0. The first-order chi connectivity index (χ1) is 10.8. The summed E-state index contributed by atoms with van der Waals surface area (Å²) in [5.74, 6) is 0. The van der Waals surface area contributed by atoms with Crippen LogP contribution < -0.4 is 5.32 Å².